The predicted molar refractivity (Wildman–Crippen MR) is 110 cm³/mol. The highest BCUT2D eigenvalue weighted by Crippen LogP contribution is 2.32. The second kappa shape index (κ2) is 7.75. The van der Waals surface area contributed by atoms with Gasteiger partial charge in [0.05, 0.1) is 11.1 Å². The SMILES string of the molecule is Cc1cc(N)n(/N=C\c2ccc(N(C)c3ccccc3)c([N+](=O)[O-])c2)c(=O)c1. The lowest BCUT2D eigenvalue weighted by atomic mass is 10.1. The van der Waals surface area contributed by atoms with Crippen LogP contribution in [0.1, 0.15) is 11.1 Å². The third kappa shape index (κ3) is 3.90. The molecule has 0 aliphatic heterocycles. The minimum absolute atomic E-state index is 0.0699. The van der Waals surface area contributed by atoms with E-state index in [1.54, 1.807) is 37.1 Å². The number of aryl methyl sites for hydroxylation is 1. The second-order valence-electron chi connectivity index (χ2n) is 6.25. The van der Waals surface area contributed by atoms with Gasteiger partial charge in [0.15, 0.2) is 0 Å². The molecule has 0 amide bonds. The normalized spacial score (nSPS) is 10.9. The van der Waals surface area contributed by atoms with E-state index in [0.29, 0.717) is 11.3 Å². The Labute approximate surface area is 161 Å². The molecule has 0 atom stereocenters. The fraction of sp³-hybridized carbons (Fsp3) is 0.100. The highest BCUT2D eigenvalue weighted by atomic mass is 16.6. The van der Waals surface area contributed by atoms with E-state index >= 15 is 0 Å². The number of hydrogen-bond acceptors (Lipinski definition) is 6. The van der Waals surface area contributed by atoms with E-state index in [1.807, 2.05) is 30.3 Å². The zero-order valence-corrected chi connectivity index (χ0v) is 15.4. The quantitative estimate of drug-likeness (QED) is 0.417. The number of pyridine rings is 1. The minimum atomic E-state index is -0.446. The maximum Gasteiger partial charge on any atom is 0.293 e. The summed E-state index contributed by atoms with van der Waals surface area (Å²) in [4.78, 5) is 24.9. The summed E-state index contributed by atoms with van der Waals surface area (Å²) in [6.07, 6.45) is 1.37. The Morgan fingerprint density at radius 3 is 2.50 bits per heavy atom. The minimum Gasteiger partial charge on any atom is -0.384 e. The molecule has 142 valence electrons. The van der Waals surface area contributed by atoms with Crippen molar-refractivity contribution in [3.8, 4) is 0 Å². The van der Waals surface area contributed by atoms with Crippen molar-refractivity contribution in [2.75, 3.05) is 17.7 Å². The molecule has 8 nitrogen and oxygen atoms in total. The lowest BCUT2D eigenvalue weighted by Crippen LogP contribution is -2.19. The van der Waals surface area contributed by atoms with Gasteiger partial charge in [0.2, 0.25) is 0 Å². The summed E-state index contributed by atoms with van der Waals surface area (Å²) in [7, 11) is 1.76. The van der Waals surface area contributed by atoms with Crippen molar-refractivity contribution in [3.63, 3.8) is 0 Å². The third-order valence-corrected chi connectivity index (χ3v) is 4.20. The van der Waals surface area contributed by atoms with Crippen molar-refractivity contribution in [3.05, 3.63) is 92.3 Å². The number of nitrogens with zero attached hydrogens (tertiary/aromatic N) is 4. The molecule has 0 aliphatic carbocycles. The molecule has 1 heterocycles. The number of para-hydroxylation sites is 1. The van der Waals surface area contributed by atoms with E-state index in [2.05, 4.69) is 5.10 Å². The van der Waals surface area contributed by atoms with E-state index in [-0.39, 0.29) is 17.1 Å². The van der Waals surface area contributed by atoms with Gasteiger partial charge in [-0.05, 0) is 36.8 Å². The molecule has 2 aromatic carbocycles. The Morgan fingerprint density at radius 1 is 1.14 bits per heavy atom. The predicted octanol–water partition coefficient (Wildman–Crippen LogP) is 3.30. The molecule has 0 bridgehead atoms. The molecule has 0 aliphatic rings. The average Bonchev–Trinajstić information content (AvgIpc) is 2.67. The van der Waals surface area contributed by atoms with Gasteiger partial charge in [-0.2, -0.15) is 9.78 Å². The van der Waals surface area contributed by atoms with Crippen molar-refractivity contribution in [1.29, 1.82) is 0 Å². The van der Waals surface area contributed by atoms with Crippen molar-refractivity contribution >= 4 is 29.1 Å². The maximum absolute atomic E-state index is 12.0. The van der Waals surface area contributed by atoms with Crippen molar-refractivity contribution in [2.24, 2.45) is 5.10 Å². The van der Waals surface area contributed by atoms with Gasteiger partial charge >= 0.3 is 0 Å². The number of nitrogens with two attached hydrogens (primary N) is 1. The fourth-order valence-electron chi connectivity index (χ4n) is 2.81. The number of benzene rings is 2. The summed E-state index contributed by atoms with van der Waals surface area (Å²) in [6.45, 7) is 1.76. The molecule has 0 radical (unpaired) electrons. The van der Waals surface area contributed by atoms with E-state index < -0.39 is 4.92 Å². The largest absolute Gasteiger partial charge is 0.384 e. The summed E-state index contributed by atoms with van der Waals surface area (Å²) in [6, 6.07) is 17.1. The number of aromatic nitrogens is 1. The van der Waals surface area contributed by atoms with Crippen LogP contribution in [0, 0.1) is 17.0 Å². The molecular weight excluding hydrogens is 358 g/mol. The monoisotopic (exact) mass is 377 g/mol. The van der Waals surface area contributed by atoms with Crippen LogP contribution in [0.2, 0.25) is 0 Å². The summed E-state index contributed by atoms with van der Waals surface area (Å²) in [5.74, 6) is 0.191. The standard InChI is InChI=1S/C20H19N5O3/c1-14-10-19(21)24(20(26)11-14)22-13-15-8-9-17(18(12-15)25(27)28)23(2)16-6-4-3-5-7-16/h3-13H,21H2,1-2H3/b22-13-. The molecule has 0 saturated carbocycles. The Bertz CT molecular complexity index is 1110. The first-order valence-electron chi connectivity index (χ1n) is 8.47. The first-order valence-corrected chi connectivity index (χ1v) is 8.47. The Morgan fingerprint density at radius 2 is 1.86 bits per heavy atom. The van der Waals surface area contributed by atoms with Crippen LogP contribution in [0.3, 0.4) is 0 Å². The smallest absolute Gasteiger partial charge is 0.293 e. The molecule has 1 aromatic heterocycles. The Balaban J connectivity index is 1.98. The first kappa shape index (κ1) is 18.8. The average molecular weight is 377 g/mol. The summed E-state index contributed by atoms with van der Waals surface area (Å²) in [5, 5.41) is 15.7. The van der Waals surface area contributed by atoms with Gasteiger partial charge in [-0.25, -0.2) is 0 Å². The Kier molecular flexibility index (Phi) is 5.21. The van der Waals surface area contributed by atoms with Gasteiger partial charge in [-0.1, -0.05) is 24.3 Å². The molecule has 0 saturated heterocycles. The van der Waals surface area contributed by atoms with E-state index in [1.165, 1.54) is 18.3 Å². The second-order valence-corrected chi connectivity index (χ2v) is 6.25. The highest BCUT2D eigenvalue weighted by molar-refractivity contribution is 5.84. The number of nitrogen functional groups attached to an aromatic ring is 1. The zero-order chi connectivity index (χ0) is 20.3. The van der Waals surface area contributed by atoms with E-state index in [0.717, 1.165) is 15.9 Å². The molecular formula is C20H19N5O3. The van der Waals surface area contributed by atoms with Crippen LogP contribution in [0.15, 0.2) is 70.6 Å². The molecule has 0 spiro atoms. The third-order valence-electron chi connectivity index (χ3n) is 4.20. The van der Waals surface area contributed by atoms with E-state index in [9.17, 15) is 14.9 Å². The topological polar surface area (TPSA) is 107 Å². The van der Waals surface area contributed by atoms with Crippen LogP contribution in [0.4, 0.5) is 22.9 Å². The molecule has 2 N–H and O–H groups in total. The van der Waals surface area contributed by atoms with Gasteiger partial charge < -0.3 is 10.6 Å². The lowest BCUT2D eigenvalue weighted by Gasteiger charge is -2.19. The zero-order valence-electron chi connectivity index (χ0n) is 15.4. The maximum atomic E-state index is 12.0. The van der Waals surface area contributed by atoms with Crippen LogP contribution in [-0.2, 0) is 0 Å². The van der Waals surface area contributed by atoms with Gasteiger partial charge in [-0.3, -0.25) is 14.9 Å². The number of rotatable bonds is 5. The van der Waals surface area contributed by atoms with Crippen LogP contribution >= 0.6 is 0 Å². The first-order chi connectivity index (χ1) is 13.4. The number of anilines is 3. The fourth-order valence-corrected chi connectivity index (χ4v) is 2.81. The van der Waals surface area contributed by atoms with Gasteiger partial charge in [0.25, 0.3) is 11.2 Å². The van der Waals surface area contributed by atoms with Crippen LogP contribution in [0.25, 0.3) is 0 Å². The number of nitro benzene ring substituents is 1. The van der Waals surface area contributed by atoms with Gasteiger partial charge in [0, 0.05) is 30.4 Å². The molecule has 3 rings (SSSR count). The van der Waals surface area contributed by atoms with Crippen molar-refractivity contribution in [2.45, 2.75) is 6.92 Å². The summed E-state index contributed by atoms with van der Waals surface area (Å²) in [5.41, 5.74) is 7.87. The molecule has 0 unspecified atom stereocenters. The highest BCUT2D eigenvalue weighted by Gasteiger charge is 2.18. The summed E-state index contributed by atoms with van der Waals surface area (Å²) < 4.78 is 1.04. The molecule has 0 fully saturated rings. The lowest BCUT2D eigenvalue weighted by molar-refractivity contribution is -0.384. The van der Waals surface area contributed by atoms with Gasteiger partial charge in [0.1, 0.15) is 11.5 Å². The van der Waals surface area contributed by atoms with Crippen molar-refractivity contribution in [1.82, 2.24) is 4.68 Å². The van der Waals surface area contributed by atoms with Crippen LogP contribution in [-0.4, -0.2) is 22.9 Å². The van der Waals surface area contributed by atoms with E-state index in [4.69, 9.17) is 5.73 Å². The number of hydrogen-bond donors (Lipinski definition) is 1. The Hall–Kier alpha value is -3.94. The molecule has 8 heteroatoms. The molecule has 28 heavy (non-hydrogen) atoms. The van der Waals surface area contributed by atoms with Crippen LogP contribution in [0.5, 0.6) is 0 Å². The van der Waals surface area contributed by atoms with Crippen molar-refractivity contribution < 1.29 is 4.92 Å². The number of nitro groups is 1. The van der Waals surface area contributed by atoms with Crippen LogP contribution < -0.4 is 16.2 Å². The van der Waals surface area contributed by atoms with Gasteiger partial charge in [-0.15, -0.1) is 0 Å². The summed E-state index contributed by atoms with van der Waals surface area (Å²) >= 11 is 0. The molecule has 3 aromatic rings.